The number of methoxy groups -OCH3 is 1. The molecule has 152 valence electrons. The molecule has 8 heteroatoms. The highest BCUT2D eigenvalue weighted by Gasteiger charge is 2.45. The SMILES string of the molecule is COCCN1C(=O)Cc2c(C)nc([C@]3(C)CCCN3C(=O)c3ccncc3)nc21. The number of rotatable bonds is 5. The molecule has 1 saturated heterocycles. The molecule has 0 spiro atoms. The van der Waals surface area contributed by atoms with E-state index in [9.17, 15) is 9.59 Å². The molecule has 1 fully saturated rings. The number of carbonyl (C=O) groups excluding carboxylic acids is 2. The van der Waals surface area contributed by atoms with Gasteiger partial charge in [0.25, 0.3) is 5.91 Å². The number of hydrogen-bond acceptors (Lipinski definition) is 6. The fraction of sp³-hybridized carbons (Fsp3) is 0.476. The van der Waals surface area contributed by atoms with Gasteiger partial charge in [-0.2, -0.15) is 0 Å². The van der Waals surface area contributed by atoms with Gasteiger partial charge in [-0.3, -0.25) is 19.5 Å². The first-order valence-corrected chi connectivity index (χ1v) is 9.85. The van der Waals surface area contributed by atoms with Gasteiger partial charge in [-0.15, -0.1) is 0 Å². The predicted molar refractivity (Wildman–Crippen MR) is 107 cm³/mol. The lowest BCUT2D eigenvalue weighted by Crippen LogP contribution is -2.44. The molecular formula is C21H25N5O3. The maximum atomic E-state index is 13.2. The van der Waals surface area contributed by atoms with Crippen LogP contribution in [0.5, 0.6) is 0 Å². The molecule has 0 unspecified atom stereocenters. The van der Waals surface area contributed by atoms with Crippen molar-refractivity contribution in [2.45, 2.75) is 38.6 Å². The number of fused-ring (bicyclic) bond motifs is 1. The van der Waals surface area contributed by atoms with Crippen LogP contribution in [-0.4, -0.2) is 58.5 Å². The fourth-order valence-corrected chi connectivity index (χ4v) is 4.20. The molecule has 2 aromatic heterocycles. The summed E-state index contributed by atoms with van der Waals surface area (Å²) in [6, 6.07) is 3.45. The second-order valence-corrected chi connectivity index (χ2v) is 7.72. The minimum Gasteiger partial charge on any atom is -0.383 e. The fourth-order valence-electron chi connectivity index (χ4n) is 4.20. The number of pyridine rings is 1. The largest absolute Gasteiger partial charge is 0.383 e. The molecule has 8 nitrogen and oxygen atoms in total. The number of aryl methyl sites for hydroxylation is 1. The van der Waals surface area contributed by atoms with Gasteiger partial charge < -0.3 is 9.64 Å². The summed E-state index contributed by atoms with van der Waals surface area (Å²) in [6.07, 6.45) is 5.20. The maximum Gasteiger partial charge on any atom is 0.254 e. The van der Waals surface area contributed by atoms with Gasteiger partial charge in [0.05, 0.1) is 19.6 Å². The molecule has 0 aromatic carbocycles. The molecule has 0 saturated carbocycles. The number of amides is 2. The lowest BCUT2D eigenvalue weighted by molar-refractivity contribution is -0.117. The molecule has 4 heterocycles. The zero-order valence-electron chi connectivity index (χ0n) is 17.0. The number of ether oxygens (including phenoxy) is 1. The first-order valence-electron chi connectivity index (χ1n) is 9.85. The summed E-state index contributed by atoms with van der Waals surface area (Å²) in [5.74, 6) is 1.19. The molecule has 2 aliphatic heterocycles. The summed E-state index contributed by atoms with van der Waals surface area (Å²) < 4.78 is 5.15. The van der Waals surface area contributed by atoms with Gasteiger partial charge in [0, 0.05) is 42.9 Å². The first-order chi connectivity index (χ1) is 14.0. The summed E-state index contributed by atoms with van der Waals surface area (Å²) in [5, 5.41) is 0. The highest BCUT2D eigenvalue weighted by atomic mass is 16.5. The van der Waals surface area contributed by atoms with E-state index < -0.39 is 5.54 Å². The summed E-state index contributed by atoms with van der Waals surface area (Å²) in [4.78, 5) is 42.7. The lowest BCUT2D eigenvalue weighted by Gasteiger charge is -2.34. The maximum absolute atomic E-state index is 13.2. The highest BCUT2D eigenvalue weighted by molar-refractivity contribution is 6.00. The number of hydrogen-bond donors (Lipinski definition) is 0. The van der Waals surface area contributed by atoms with Crippen molar-refractivity contribution in [2.75, 3.05) is 31.7 Å². The van der Waals surface area contributed by atoms with E-state index in [-0.39, 0.29) is 11.8 Å². The molecule has 2 aliphatic rings. The van der Waals surface area contributed by atoms with Crippen molar-refractivity contribution in [3.8, 4) is 0 Å². The van der Waals surface area contributed by atoms with Crippen molar-refractivity contribution < 1.29 is 14.3 Å². The molecular weight excluding hydrogens is 370 g/mol. The van der Waals surface area contributed by atoms with E-state index in [1.165, 1.54) is 0 Å². The first kappa shape index (κ1) is 19.4. The van der Waals surface area contributed by atoms with Crippen LogP contribution in [0.25, 0.3) is 0 Å². The molecule has 2 aromatic rings. The molecule has 0 bridgehead atoms. The van der Waals surface area contributed by atoms with E-state index in [1.807, 2.05) is 18.7 Å². The Balaban J connectivity index is 1.72. The van der Waals surface area contributed by atoms with E-state index in [4.69, 9.17) is 14.7 Å². The monoisotopic (exact) mass is 395 g/mol. The number of aromatic nitrogens is 3. The zero-order chi connectivity index (χ0) is 20.6. The van der Waals surface area contributed by atoms with Crippen LogP contribution in [0.4, 0.5) is 5.82 Å². The Bertz CT molecular complexity index is 949. The third-order valence-corrected chi connectivity index (χ3v) is 5.89. The Hall–Kier alpha value is -2.87. The van der Waals surface area contributed by atoms with E-state index >= 15 is 0 Å². The van der Waals surface area contributed by atoms with E-state index in [0.29, 0.717) is 43.3 Å². The Labute approximate surface area is 169 Å². The van der Waals surface area contributed by atoms with Crippen molar-refractivity contribution in [3.05, 3.63) is 47.2 Å². The van der Waals surface area contributed by atoms with E-state index in [0.717, 1.165) is 24.1 Å². The van der Waals surface area contributed by atoms with Gasteiger partial charge in [-0.1, -0.05) is 0 Å². The molecule has 1 atom stereocenters. The third-order valence-electron chi connectivity index (χ3n) is 5.89. The Morgan fingerprint density at radius 2 is 2.03 bits per heavy atom. The van der Waals surface area contributed by atoms with Crippen LogP contribution >= 0.6 is 0 Å². The van der Waals surface area contributed by atoms with Crippen LogP contribution in [0.15, 0.2) is 24.5 Å². The average Bonchev–Trinajstić information content (AvgIpc) is 3.27. The quantitative estimate of drug-likeness (QED) is 0.768. The summed E-state index contributed by atoms with van der Waals surface area (Å²) in [5.41, 5.74) is 1.63. The Kier molecular flexibility index (Phi) is 5.04. The number of anilines is 1. The van der Waals surface area contributed by atoms with Crippen molar-refractivity contribution in [2.24, 2.45) is 0 Å². The number of carbonyl (C=O) groups is 2. The van der Waals surface area contributed by atoms with Crippen LogP contribution in [0.1, 0.15) is 47.2 Å². The van der Waals surface area contributed by atoms with Crippen molar-refractivity contribution in [1.82, 2.24) is 19.9 Å². The highest BCUT2D eigenvalue weighted by Crippen LogP contribution is 2.40. The second kappa shape index (κ2) is 7.51. The van der Waals surface area contributed by atoms with Gasteiger partial charge >= 0.3 is 0 Å². The Morgan fingerprint density at radius 1 is 1.28 bits per heavy atom. The van der Waals surface area contributed by atoms with Crippen LogP contribution in [0, 0.1) is 6.92 Å². The van der Waals surface area contributed by atoms with Crippen molar-refractivity contribution in [1.29, 1.82) is 0 Å². The molecule has 4 rings (SSSR count). The second-order valence-electron chi connectivity index (χ2n) is 7.72. The smallest absolute Gasteiger partial charge is 0.254 e. The zero-order valence-corrected chi connectivity index (χ0v) is 17.0. The van der Waals surface area contributed by atoms with Gasteiger partial charge in [-0.25, -0.2) is 9.97 Å². The predicted octanol–water partition coefficient (Wildman–Crippen LogP) is 1.87. The van der Waals surface area contributed by atoms with Crippen molar-refractivity contribution >= 4 is 17.6 Å². The lowest BCUT2D eigenvalue weighted by atomic mass is 9.96. The molecule has 0 radical (unpaired) electrons. The minimum atomic E-state index is -0.626. The van der Waals surface area contributed by atoms with Gasteiger partial charge in [0.1, 0.15) is 11.4 Å². The van der Waals surface area contributed by atoms with Crippen LogP contribution in [0.3, 0.4) is 0 Å². The van der Waals surface area contributed by atoms with E-state index in [1.54, 1.807) is 36.5 Å². The van der Waals surface area contributed by atoms with E-state index in [2.05, 4.69) is 4.98 Å². The van der Waals surface area contributed by atoms with Gasteiger partial charge in [0.15, 0.2) is 5.82 Å². The van der Waals surface area contributed by atoms with Crippen molar-refractivity contribution in [3.63, 3.8) is 0 Å². The number of likely N-dealkylation sites (tertiary alicyclic amines) is 1. The van der Waals surface area contributed by atoms with Gasteiger partial charge in [0.2, 0.25) is 5.91 Å². The standard InChI is InChI=1S/C21H25N5O3/c1-14-16-13-17(27)25(11-12-29-3)18(16)24-20(23-14)21(2)7-4-10-26(21)19(28)15-5-8-22-9-6-15/h5-6,8-9H,4,7,10-13H2,1-3H3/t21-/m0/s1. The topological polar surface area (TPSA) is 88.5 Å². The summed E-state index contributed by atoms with van der Waals surface area (Å²) in [6.45, 7) is 5.45. The third kappa shape index (κ3) is 3.27. The van der Waals surface area contributed by atoms with Gasteiger partial charge in [-0.05, 0) is 38.8 Å². The summed E-state index contributed by atoms with van der Waals surface area (Å²) in [7, 11) is 1.61. The van der Waals surface area contributed by atoms with Crippen LogP contribution < -0.4 is 4.90 Å². The molecule has 29 heavy (non-hydrogen) atoms. The number of nitrogens with zero attached hydrogens (tertiary/aromatic N) is 5. The Morgan fingerprint density at radius 3 is 2.76 bits per heavy atom. The average molecular weight is 395 g/mol. The molecule has 0 N–H and O–H groups in total. The van der Waals surface area contributed by atoms with Crippen LogP contribution in [0.2, 0.25) is 0 Å². The summed E-state index contributed by atoms with van der Waals surface area (Å²) >= 11 is 0. The molecule has 0 aliphatic carbocycles. The normalized spacial score (nSPS) is 21.0. The minimum absolute atomic E-state index is 0.00731. The molecule has 2 amide bonds. The van der Waals surface area contributed by atoms with Crippen LogP contribution in [-0.2, 0) is 21.5 Å².